The van der Waals surface area contributed by atoms with E-state index in [2.05, 4.69) is 0 Å². The number of carbonyl (C=O) groups excluding carboxylic acids is 1. The van der Waals surface area contributed by atoms with Crippen molar-refractivity contribution < 1.29 is 9.18 Å². The van der Waals surface area contributed by atoms with Crippen LogP contribution in [0, 0.1) is 12.7 Å². The van der Waals surface area contributed by atoms with Gasteiger partial charge in [0.05, 0.1) is 10.4 Å². The SMILES string of the molecule is Cc1ccc(F)c(C(=O)c2cc3ccccc3s2)c1. The molecule has 0 N–H and O–H groups in total. The molecule has 0 fully saturated rings. The van der Waals surface area contributed by atoms with Crippen LogP contribution in [0.5, 0.6) is 0 Å². The molecule has 1 nitrogen and oxygen atoms in total. The Kier molecular flexibility index (Phi) is 2.91. The van der Waals surface area contributed by atoms with Gasteiger partial charge in [-0.15, -0.1) is 11.3 Å². The molecule has 0 aliphatic heterocycles. The molecule has 0 radical (unpaired) electrons. The molecule has 0 bridgehead atoms. The van der Waals surface area contributed by atoms with Crippen molar-refractivity contribution in [3.8, 4) is 0 Å². The number of thiophene rings is 1. The molecule has 19 heavy (non-hydrogen) atoms. The predicted octanol–water partition coefficient (Wildman–Crippen LogP) is 4.58. The van der Waals surface area contributed by atoms with Gasteiger partial charge in [-0.05, 0) is 36.6 Å². The minimum atomic E-state index is -0.465. The Morgan fingerprint density at radius 1 is 1.11 bits per heavy atom. The number of aryl methyl sites for hydroxylation is 1. The molecule has 94 valence electrons. The van der Waals surface area contributed by atoms with E-state index in [4.69, 9.17) is 0 Å². The van der Waals surface area contributed by atoms with Gasteiger partial charge in [-0.1, -0.05) is 29.8 Å². The van der Waals surface area contributed by atoms with Gasteiger partial charge in [-0.25, -0.2) is 4.39 Å². The zero-order valence-corrected chi connectivity index (χ0v) is 11.1. The van der Waals surface area contributed by atoms with Crippen LogP contribution in [-0.4, -0.2) is 5.78 Å². The molecule has 0 aliphatic rings. The number of benzene rings is 2. The summed E-state index contributed by atoms with van der Waals surface area (Å²) in [6.45, 7) is 1.85. The molecule has 1 aromatic heterocycles. The Morgan fingerprint density at radius 2 is 1.89 bits per heavy atom. The maximum Gasteiger partial charge on any atom is 0.205 e. The van der Waals surface area contributed by atoms with Crippen LogP contribution in [0.1, 0.15) is 20.8 Å². The van der Waals surface area contributed by atoms with Gasteiger partial charge in [0, 0.05) is 4.70 Å². The lowest BCUT2D eigenvalue weighted by molar-refractivity contribution is 0.103. The van der Waals surface area contributed by atoms with Gasteiger partial charge in [0.25, 0.3) is 0 Å². The van der Waals surface area contributed by atoms with Crippen molar-refractivity contribution in [3.63, 3.8) is 0 Å². The molecule has 0 amide bonds. The van der Waals surface area contributed by atoms with Crippen molar-refractivity contribution in [2.24, 2.45) is 0 Å². The second kappa shape index (κ2) is 4.59. The highest BCUT2D eigenvalue weighted by Gasteiger charge is 2.16. The molecule has 0 saturated carbocycles. The van der Waals surface area contributed by atoms with E-state index in [0.717, 1.165) is 15.6 Å². The number of hydrogen-bond acceptors (Lipinski definition) is 2. The van der Waals surface area contributed by atoms with Gasteiger partial charge in [0.1, 0.15) is 5.82 Å². The Hall–Kier alpha value is -2.00. The Morgan fingerprint density at radius 3 is 2.68 bits per heavy atom. The summed E-state index contributed by atoms with van der Waals surface area (Å²) in [7, 11) is 0. The summed E-state index contributed by atoms with van der Waals surface area (Å²) in [4.78, 5) is 12.9. The van der Waals surface area contributed by atoms with Crippen LogP contribution in [0.2, 0.25) is 0 Å². The van der Waals surface area contributed by atoms with Crippen molar-refractivity contribution in [3.05, 3.63) is 70.4 Å². The van der Waals surface area contributed by atoms with Gasteiger partial charge >= 0.3 is 0 Å². The van der Waals surface area contributed by atoms with E-state index in [-0.39, 0.29) is 11.3 Å². The molecule has 0 unspecified atom stereocenters. The van der Waals surface area contributed by atoms with Crippen molar-refractivity contribution in [2.75, 3.05) is 0 Å². The standard InChI is InChI=1S/C16H11FOS/c1-10-6-7-13(17)12(8-10)16(18)15-9-11-4-2-3-5-14(11)19-15/h2-9H,1H3. The number of halogens is 1. The first-order chi connectivity index (χ1) is 9.15. The number of rotatable bonds is 2. The van der Waals surface area contributed by atoms with Gasteiger partial charge in [-0.3, -0.25) is 4.79 Å². The van der Waals surface area contributed by atoms with Gasteiger partial charge in [-0.2, -0.15) is 0 Å². The summed E-state index contributed by atoms with van der Waals surface area (Å²) < 4.78 is 14.8. The quantitative estimate of drug-likeness (QED) is 0.623. The van der Waals surface area contributed by atoms with Crippen LogP contribution in [0.3, 0.4) is 0 Å². The van der Waals surface area contributed by atoms with E-state index < -0.39 is 5.82 Å². The minimum Gasteiger partial charge on any atom is -0.288 e. The average Bonchev–Trinajstić information content (AvgIpc) is 2.84. The van der Waals surface area contributed by atoms with Crippen LogP contribution >= 0.6 is 11.3 Å². The van der Waals surface area contributed by atoms with Crippen LogP contribution < -0.4 is 0 Å². The second-order valence-corrected chi connectivity index (χ2v) is 5.54. The largest absolute Gasteiger partial charge is 0.288 e. The van der Waals surface area contributed by atoms with E-state index in [0.29, 0.717) is 4.88 Å². The summed E-state index contributed by atoms with van der Waals surface area (Å²) in [5.41, 5.74) is 1.03. The fourth-order valence-corrected chi connectivity index (χ4v) is 3.06. The molecule has 0 aliphatic carbocycles. The molecule has 3 aromatic rings. The first-order valence-electron chi connectivity index (χ1n) is 5.94. The van der Waals surface area contributed by atoms with E-state index in [9.17, 15) is 9.18 Å². The average molecular weight is 270 g/mol. The summed E-state index contributed by atoms with van der Waals surface area (Å²) in [6, 6.07) is 14.2. The predicted molar refractivity (Wildman–Crippen MR) is 76.4 cm³/mol. The fourth-order valence-electron chi connectivity index (χ4n) is 2.04. The Balaban J connectivity index is 2.10. The molecule has 0 spiro atoms. The van der Waals surface area contributed by atoms with E-state index >= 15 is 0 Å². The third kappa shape index (κ3) is 2.17. The smallest absolute Gasteiger partial charge is 0.205 e. The second-order valence-electron chi connectivity index (χ2n) is 4.46. The zero-order chi connectivity index (χ0) is 13.4. The first-order valence-corrected chi connectivity index (χ1v) is 6.76. The number of hydrogen-bond donors (Lipinski definition) is 0. The van der Waals surface area contributed by atoms with Crippen molar-refractivity contribution in [1.29, 1.82) is 0 Å². The highest BCUT2D eigenvalue weighted by Crippen LogP contribution is 2.28. The summed E-state index contributed by atoms with van der Waals surface area (Å²) in [5.74, 6) is -0.713. The van der Waals surface area contributed by atoms with E-state index in [1.54, 1.807) is 12.1 Å². The molecular weight excluding hydrogens is 259 g/mol. The summed E-state index contributed by atoms with van der Waals surface area (Å²) in [5, 5.41) is 1.02. The number of ketones is 1. The highest BCUT2D eigenvalue weighted by atomic mass is 32.1. The third-order valence-electron chi connectivity index (χ3n) is 3.02. The number of fused-ring (bicyclic) bond motifs is 1. The van der Waals surface area contributed by atoms with Crippen molar-refractivity contribution in [1.82, 2.24) is 0 Å². The van der Waals surface area contributed by atoms with Crippen molar-refractivity contribution in [2.45, 2.75) is 6.92 Å². The maximum absolute atomic E-state index is 13.7. The molecule has 0 atom stereocenters. The normalized spacial score (nSPS) is 10.8. The van der Waals surface area contributed by atoms with E-state index in [1.807, 2.05) is 37.3 Å². The molecule has 0 saturated heterocycles. The Labute approximate surface area is 114 Å². The van der Waals surface area contributed by atoms with Gasteiger partial charge < -0.3 is 0 Å². The lowest BCUT2D eigenvalue weighted by Crippen LogP contribution is -2.02. The van der Waals surface area contributed by atoms with Gasteiger partial charge in [0.2, 0.25) is 5.78 Å². The highest BCUT2D eigenvalue weighted by molar-refractivity contribution is 7.21. The maximum atomic E-state index is 13.7. The fraction of sp³-hybridized carbons (Fsp3) is 0.0625. The molecular formula is C16H11FOS. The molecule has 2 aromatic carbocycles. The summed E-state index contributed by atoms with van der Waals surface area (Å²) in [6.07, 6.45) is 0. The lowest BCUT2D eigenvalue weighted by Gasteiger charge is -2.01. The molecule has 1 heterocycles. The molecule has 3 heteroatoms. The van der Waals surface area contributed by atoms with E-state index in [1.165, 1.54) is 17.4 Å². The summed E-state index contributed by atoms with van der Waals surface area (Å²) >= 11 is 1.40. The zero-order valence-electron chi connectivity index (χ0n) is 10.3. The monoisotopic (exact) mass is 270 g/mol. The molecule has 3 rings (SSSR count). The van der Waals surface area contributed by atoms with Crippen molar-refractivity contribution >= 4 is 27.2 Å². The topological polar surface area (TPSA) is 17.1 Å². The van der Waals surface area contributed by atoms with Gasteiger partial charge in [0.15, 0.2) is 0 Å². The van der Waals surface area contributed by atoms with Crippen LogP contribution in [0.15, 0.2) is 48.5 Å². The lowest BCUT2D eigenvalue weighted by atomic mass is 10.1. The van der Waals surface area contributed by atoms with Crippen LogP contribution in [0.25, 0.3) is 10.1 Å². The third-order valence-corrected chi connectivity index (χ3v) is 4.13. The minimum absolute atomic E-state index is 0.145. The number of carbonyl (C=O) groups is 1. The first kappa shape index (κ1) is 12.1. The Bertz CT molecular complexity index is 740. The van der Waals surface area contributed by atoms with Crippen LogP contribution in [0.4, 0.5) is 4.39 Å². The van der Waals surface area contributed by atoms with Crippen LogP contribution in [-0.2, 0) is 0 Å².